The molecule has 2 aromatic carbocycles. The number of hydrogen-bond donors (Lipinski definition) is 2. The van der Waals surface area contributed by atoms with Gasteiger partial charge in [-0.3, -0.25) is 4.79 Å². The van der Waals surface area contributed by atoms with E-state index in [0.29, 0.717) is 27.4 Å². The molecule has 1 heterocycles. The summed E-state index contributed by atoms with van der Waals surface area (Å²) in [5, 5.41) is 6.60. The number of anilines is 2. The predicted octanol–water partition coefficient (Wildman–Crippen LogP) is 3.75. The van der Waals surface area contributed by atoms with Crippen molar-refractivity contribution in [2.45, 2.75) is 0 Å². The van der Waals surface area contributed by atoms with Crippen LogP contribution in [-0.4, -0.2) is 20.1 Å². The third-order valence-electron chi connectivity index (χ3n) is 3.71. The van der Waals surface area contributed by atoms with Crippen molar-refractivity contribution in [3.05, 3.63) is 63.5 Å². The SMILES string of the molecule is CNc1c(NC(=O)c2cc(Cl)ccc2OC)c(=O)oc2ccccc12. The number of fused-ring (bicyclic) bond motifs is 1. The van der Waals surface area contributed by atoms with Crippen molar-refractivity contribution < 1.29 is 13.9 Å². The van der Waals surface area contributed by atoms with Crippen LogP contribution in [0.25, 0.3) is 11.0 Å². The zero-order valence-electron chi connectivity index (χ0n) is 13.6. The average Bonchev–Trinajstić information content (AvgIpc) is 2.62. The molecule has 1 amide bonds. The van der Waals surface area contributed by atoms with Crippen molar-refractivity contribution in [1.82, 2.24) is 0 Å². The number of rotatable bonds is 4. The number of carbonyl (C=O) groups excluding carboxylic acids is 1. The summed E-state index contributed by atoms with van der Waals surface area (Å²) in [5.41, 5.74) is 0.478. The van der Waals surface area contributed by atoms with Gasteiger partial charge in [-0.2, -0.15) is 0 Å². The Morgan fingerprint density at radius 1 is 1.16 bits per heavy atom. The zero-order valence-corrected chi connectivity index (χ0v) is 14.3. The molecule has 3 aromatic rings. The molecule has 0 aliphatic heterocycles. The fraction of sp³-hybridized carbons (Fsp3) is 0.111. The van der Waals surface area contributed by atoms with Crippen molar-refractivity contribution in [3.8, 4) is 5.75 Å². The van der Waals surface area contributed by atoms with E-state index in [1.165, 1.54) is 13.2 Å². The Hall–Kier alpha value is -2.99. The zero-order chi connectivity index (χ0) is 18.0. The Morgan fingerprint density at radius 2 is 1.92 bits per heavy atom. The second kappa shape index (κ2) is 6.86. The number of hydrogen-bond acceptors (Lipinski definition) is 5. The molecule has 0 saturated heterocycles. The van der Waals surface area contributed by atoms with E-state index in [1.807, 2.05) is 6.07 Å². The fourth-order valence-corrected chi connectivity index (χ4v) is 2.73. The van der Waals surface area contributed by atoms with Gasteiger partial charge in [-0.05, 0) is 30.3 Å². The summed E-state index contributed by atoms with van der Waals surface area (Å²) >= 11 is 5.96. The standard InChI is InChI=1S/C18H15ClN2O4/c1-20-15-11-5-3-4-6-14(11)25-18(23)16(15)21-17(22)12-9-10(19)7-8-13(12)24-2/h3-9,20H,1-2H3,(H,21,22). The molecular formula is C18H15ClN2O4. The monoisotopic (exact) mass is 358 g/mol. The van der Waals surface area contributed by atoms with Crippen LogP contribution in [0.4, 0.5) is 11.4 Å². The molecule has 128 valence electrons. The summed E-state index contributed by atoms with van der Waals surface area (Å²) in [6, 6.07) is 11.7. The van der Waals surface area contributed by atoms with Crippen LogP contribution in [0.5, 0.6) is 5.75 Å². The van der Waals surface area contributed by atoms with Gasteiger partial charge in [0.15, 0.2) is 5.69 Å². The second-order valence-electron chi connectivity index (χ2n) is 5.18. The lowest BCUT2D eigenvalue weighted by atomic mass is 10.1. The lowest BCUT2D eigenvalue weighted by Gasteiger charge is -2.13. The minimum Gasteiger partial charge on any atom is -0.496 e. The summed E-state index contributed by atoms with van der Waals surface area (Å²) in [6.45, 7) is 0. The summed E-state index contributed by atoms with van der Waals surface area (Å²) in [5.74, 6) is -0.184. The number of carbonyl (C=O) groups is 1. The lowest BCUT2D eigenvalue weighted by molar-refractivity contribution is 0.102. The third kappa shape index (κ3) is 3.16. The van der Waals surface area contributed by atoms with Gasteiger partial charge in [-0.1, -0.05) is 23.7 Å². The van der Waals surface area contributed by atoms with Crippen molar-refractivity contribution in [2.75, 3.05) is 24.8 Å². The highest BCUT2D eigenvalue weighted by atomic mass is 35.5. The van der Waals surface area contributed by atoms with Crippen LogP contribution in [0.15, 0.2) is 51.7 Å². The van der Waals surface area contributed by atoms with Gasteiger partial charge in [-0.15, -0.1) is 0 Å². The molecule has 0 saturated carbocycles. The summed E-state index contributed by atoms with van der Waals surface area (Å²) in [6.07, 6.45) is 0. The quantitative estimate of drug-likeness (QED) is 0.694. The highest BCUT2D eigenvalue weighted by Gasteiger charge is 2.19. The minimum atomic E-state index is -0.655. The number of halogens is 1. The first-order chi connectivity index (χ1) is 12.0. The second-order valence-corrected chi connectivity index (χ2v) is 5.62. The van der Waals surface area contributed by atoms with Gasteiger partial charge in [0.05, 0.1) is 18.4 Å². The summed E-state index contributed by atoms with van der Waals surface area (Å²) < 4.78 is 10.5. The molecule has 0 aliphatic rings. The molecule has 3 rings (SSSR count). The summed E-state index contributed by atoms with van der Waals surface area (Å²) in [7, 11) is 3.11. The molecule has 25 heavy (non-hydrogen) atoms. The van der Waals surface area contributed by atoms with E-state index >= 15 is 0 Å². The normalized spacial score (nSPS) is 10.5. The van der Waals surface area contributed by atoms with Crippen molar-refractivity contribution in [1.29, 1.82) is 0 Å². The Morgan fingerprint density at radius 3 is 2.64 bits per heavy atom. The Labute approximate surface area is 148 Å². The highest BCUT2D eigenvalue weighted by molar-refractivity contribution is 6.31. The number of amides is 1. The van der Waals surface area contributed by atoms with E-state index in [9.17, 15) is 9.59 Å². The van der Waals surface area contributed by atoms with Gasteiger partial charge < -0.3 is 19.8 Å². The molecule has 6 nitrogen and oxygen atoms in total. The Balaban J connectivity index is 2.09. The Bertz CT molecular complexity index is 1010. The third-order valence-corrected chi connectivity index (χ3v) is 3.94. The number of benzene rings is 2. The largest absolute Gasteiger partial charge is 0.496 e. The highest BCUT2D eigenvalue weighted by Crippen LogP contribution is 2.29. The van der Waals surface area contributed by atoms with Crippen molar-refractivity contribution in [3.63, 3.8) is 0 Å². The number of methoxy groups -OCH3 is 1. The molecule has 1 aromatic heterocycles. The molecule has 0 atom stereocenters. The van der Waals surface area contributed by atoms with E-state index in [0.717, 1.165) is 0 Å². The Kier molecular flexibility index (Phi) is 4.63. The maximum absolute atomic E-state index is 12.6. The van der Waals surface area contributed by atoms with E-state index in [2.05, 4.69) is 10.6 Å². The predicted molar refractivity (Wildman–Crippen MR) is 98.0 cm³/mol. The molecule has 0 unspecified atom stereocenters. The van der Waals surface area contributed by atoms with Crippen LogP contribution in [0, 0.1) is 0 Å². The number of nitrogens with one attached hydrogen (secondary N) is 2. The molecule has 0 aliphatic carbocycles. The molecule has 0 bridgehead atoms. The van der Waals surface area contributed by atoms with E-state index in [4.69, 9.17) is 20.8 Å². The topological polar surface area (TPSA) is 80.6 Å². The first-order valence-electron chi connectivity index (χ1n) is 7.43. The van der Waals surface area contributed by atoms with Gasteiger partial charge in [0.25, 0.3) is 5.91 Å². The van der Waals surface area contributed by atoms with Crippen LogP contribution in [0.2, 0.25) is 5.02 Å². The van der Waals surface area contributed by atoms with Gasteiger partial charge in [0.1, 0.15) is 11.3 Å². The number of para-hydroxylation sites is 1. The molecule has 2 N–H and O–H groups in total. The summed E-state index contributed by atoms with van der Waals surface area (Å²) in [4.78, 5) is 25.0. The first-order valence-corrected chi connectivity index (χ1v) is 7.81. The van der Waals surface area contributed by atoms with E-state index in [1.54, 1.807) is 37.4 Å². The number of ether oxygens (including phenoxy) is 1. The van der Waals surface area contributed by atoms with Crippen LogP contribution in [-0.2, 0) is 0 Å². The van der Waals surface area contributed by atoms with Crippen molar-refractivity contribution >= 4 is 39.9 Å². The first kappa shape index (κ1) is 16.9. The molecule has 7 heteroatoms. The van der Waals surface area contributed by atoms with Gasteiger partial charge >= 0.3 is 5.63 Å². The van der Waals surface area contributed by atoms with Gasteiger partial charge in [-0.25, -0.2) is 4.79 Å². The fourth-order valence-electron chi connectivity index (χ4n) is 2.56. The van der Waals surface area contributed by atoms with Crippen LogP contribution in [0.1, 0.15) is 10.4 Å². The lowest BCUT2D eigenvalue weighted by Crippen LogP contribution is -2.20. The maximum Gasteiger partial charge on any atom is 0.362 e. The minimum absolute atomic E-state index is 0.0215. The maximum atomic E-state index is 12.6. The van der Waals surface area contributed by atoms with E-state index in [-0.39, 0.29) is 11.3 Å². The van der Waals surface area contributed by atoms with Crippen LogP contribution < -0.4 is 21.0 Å². The smallest absolute Gasteiger partial charge is 0.362 e. The van der Waals surface area contributed by atoms with Crippen LogP contribution >= 0.6 is 11.6 Å². The van der Waals surface area contributed by atoms with E-state index < -0.39 is 11.5 Å². The van der Waals surface area contributed by atoms with Gasteiger partial charge in [0, 0.05) is 17.5 Å². The average molecular weight is 359 g/mol. The van der Waals surface area contributed by atoms with Gasteiger partial charge in [0.2, 0.25) is 0 Å². The molecular weight excluding hydrogens is 344 g/mol. The molecule has 0 fully saturated rings. The van der Waals surface area contributed by atoms with Crippen LogP contribution in [0.3, 0.4) is 0 Å². The van der Waals surface area contributed by atoms with Crippen molar-refractivity contribution in [2.24, 2.45) is 0 Å². The molecule has 0 spiro atoms. The molecule has 0 radical (unpaired) electrons.